The second-order valence-corrected chi connectivity index (χ2v) is 11.9. The number of carbonyl (C=O) groups is 1. The highest BCUT2D eigenvalue weighted by molar-refractivity contribution is 7.99. The maximum atomic E-state index is 14.9. The van der Waals surface area contributed by atoms with Crippen LogP contribution in [0.25, 0.3) is 22.0 Å². The molecular formula is C30H28F4N6O2S. The lowest BCUT2D eigenvalue weighted by Crippen LogP contribution is -2.58. The summed E-state index contributed by atoms with van der Waals surface area (Å²) in [5.74, 6) is -0.350. The summed E-state index contributed by atoms with van der Waals surface area (Å²) in [5, 5.41) is 4.50. The molecule has 2 aromatic heterocycles. The highest BCUT2D eigenvalue weighted by Crippen LogP contribution is 2.49. The molecule has 1 unspecified atom stereocenters. The van der Waals surface area contributed by atoms with Gasteiger partial charge in [-0.1, -0.05) is 18.7 Å². The summed E-state index contributed by atoms with van der Waals surface area (Å²) in [7, 11) is 0. The third kappa shape index (κ3) is 5.09. The van der Waals surface area contributed by atoms with Crippen molar-refractivity contribution in [2.24, 2.45) is 0 Å². The van der Waals surface area contributed by atoms with Crippen molar-refractivity contribution in [1.82, 2.24) is 24.2 Å². The first kappa shape index (κ1) is 29.0. The summed E-state index contributed by atoms with van der Waals surface area (Å²) in [4.78, 5) is 34.4. The van der Waals surface area contributed by atoms with Gasteiger partial charge in [0.05, 0.1) is 23.7 Å². The molecule has 8 nitrogen and oxygen atoms in total. The van der Waals surface area contributed by atoms with E-state index in [2.05, 4.69) is 16.7 Å². The molecule has 0 radical (unpaired) electrons. The molecule has 4 aromatic rings. The smallest absolute Gasteiger partial charge is 0.352 e. The minimum absolute atomic E-state index is 0.112. The summed E-state index contributed by atoms with van der Waals surface area (Å²) in [6.45, 7) is 7.92. The van der Waals surface area contributed by atoms with Gasteiger partial charge in [-0.2, -0.15) is 23.3 Å². The zero-order chi connectivity index (χ0) is 30.6. The van der Waals surface area contributed by atoms with E-state index in [-0.39, 0.29) is 70.9 Å². The first-order valence-corrected chi connectivity index (χ1v) is 14.7. The van der Waals surface area contributed by atoms with Crippen molar-refractivity contribution in [1.29, 1.82) is 0 Å². The van der Waals surface area contributed by atoms with Crippen LogP contribution in [0.15, 0.2) is 71.1 Å². The Hall–Kier alpha value is -4.13. The predicted molar refractivity (Wildman–Crippen MR) is 157 cm³/mol. The Morgan fingerprint density at radius 3 is 2.42 bits per heavy atom. The summed E-state index contributed by atoms with van der Waals surface area (Å²) < 4.78 is 61.6. The standard InChI is InChI=1S/C30H28F4N6O2S/c1-4-24(41)40-17(2)13-37(14-18(40)3)28-22-12-23(30(32,33)34)25(19-6-8-20(31)9-7-19)27-26(22)38(29(42)36-28)15-21(16-43-27)39-11-5-10-35-39/h4-12,17-18,21H,1,13-16H2,2-3H3/t17-,18+,21?. The number of hydrogen-bond acceptors (Lipinski definition) is 6. The molecule has 0 aliphatic carbocycles. The van der Waals surface area contributed by atoms with Gasteiger partial charge >= 0.3 is 11.9 Å². The molecule has 13 heteroatoms. The van der Waals surface area contributed by atoms with Gasteiger partial charge in [-0.05, 0) is 49.8 Å². The number of alkyl halides is 3. The second kappa shape index (κ2) is 10.9. The number of hydrogen-bond donors (Lipinski definition) is 0. The molecule has 1 amide bonds. The van der Waals surface area contributed by atoms with E-state index in [1.807, 2.05) is 13.8 Å². The largest absolute Gasteiger partial charge is 0.417 e. The molecule has 0 N–H and O–H groups in total. The van der Waals surface area contributed by atoms with Gasteiger partial charge in [-0.25, -0.2) is 9.18 Å². The zero-order valence-electron chi connectivity index (χ0n) is 23.4. The summed E-state index contributed by atoms with van der Waals surface area (Å²) in [6, 6.07) is 6.71. The number of carbonyl (C=O) groups excluding carboxylic acids is 1. The highest BCUT2D eigenvalue weighted by Gasteiger charge is 2.40. The average Bonchev–Trinajstić information content (AvgIpc) is 3.42. The summed E-state index contributed by atoms with van der Waals surface area (Å²) in [5.41, 5.74) is -1.09. The Labute approximate surface area is 248 Å². The van der Waals surface area contributed by atoms with Crippen LogP contribution in [0.4, 0.5) is 23.4 Å². The van der Waals surface area contributed by atoms with Gasteiger partial charge in [0.2, 0.25) is 5.91 Å². The van der Waals surface area contributed by atoms with Gasteiger partial charge in [0, 0.05) is 59.2 Å². The molecule has 3 atom stereocenters. The highest BCUT2D eigenvalue weighted by atomic mass is 32.2. The third-order valence-corrected chi connectivity index (χ3v) is 9.23. The van der Waals surface area contributed by atoms with Gasteiger partial charge in [-0.15, -0.1) is 11.8 Å². The van der Waals surface area contributed by atoms with Gasteiger partial charge in [-0.3, -0.25) is 14.0 Å². The van der Waals surface area contributed by atoms with E-state index in [0.29, 0.717) is 11.3 Å². The first-order valence-electron chi connectivity index (χ1n) is 13.7. The Balaban J connectivity index is 1.63. The van der Waals surface area contributed by atoms with Crippen LogP contribution in [0.3, 0.4) is 0 Å². The van der Waals surface area contributed by atoms with Crippen LogP contribution in [-0.2, 0) is 17.5 Å². The fraction of sp³-hybridized carbons (Fsp3) is 0.333. The van der Waals surface area contributed by atoms with Crippen LogP contribution in [0.2, 0.25) is 0 Å². The number of thioether (sulfide) groups is 1. The number of benzene rings is 2. The molecule has 0 saturated carbocycles. The number of amides is 1. The molecule has 4 heterocycles. The van der Waals surface area contributed by atoms with Crippen LogP contribution >= 0.6 is 11.8 Å². The van der Waals surface area contributed by atoms with E-state index in [0.717, 1.165) is 18.2 Å². The molecule has 43 heavy (non-hydrogen) atoms. The van der Waals surface area contributed by atoms with E-state index in [4.69, 9.17) is 0 Å². The number of rotatable bonds is 4. The van der Waals surface area contributed by atoms with Crippen LogP contribution in [0.5, 0.6) is 0 Å². The number of aromatic nitrogens is 4. The second-order valence-electron chi connectivity index (χ2n) is 10.9. The molecule has 1 fully saturated rings. The topological polar surface area (TPSA) is 76.3 Å². The van der Waals surface area contributed by atoms with Crippen molar-refractivity contribution >= 4 is 34.4 Å². The van der Waals surface area contributed by atoms with Gasteiger partial charge < -0.3 is 9.80 Å². The molecule has 1 saturated heterocycles. The molecule has 0 bridgehead atoms. The summed E-state index contributed by atoms with van der Waals surface area (Å²) >= 11 is 1.21. The predicted octanol–water partition coefficient (Wildman–Crippen LogP) is 5.38. The van der Waals surface area contributed by atoms with E-state index >= 15 is 0 Å². The molecule has 0 spiro atoms. The van der Waals surface area contributed by atoms with Crippen LogP contribution < -0.4 is 10.6 Å². The lowest BCUT2D eigenvalue weighted by Gasteiger charge is -2.44. The summed E-state index contributed by atoms with van der Waals surface area (Å²) in [6.07, 6.45) is -0.178. The minimum atomic E-state index is -4.77. The minimum Gasteiger partial charge on any atom is -0.352 e. The third-order valence-electron chi connectivity index (χ3n) is 8.00. The Morgan fingerprint density at radius 1 is 1.12 bits per heavy atom. The van der Waals surface area contributed by atoms with Crippen LogP contribution in [-0.4, -0.2) is 61.1 Å². The quantitative estimate of drug-likeness (QED) is 0.228. The number of nitrogens with zero attached hydrogens (tertiary/aromatic N) is 6. The van der Waals surface area contributed by atoms with E-state index in [1.54, 1.807) is 32.9 Å². The van der Waals surface area contributed by atoms with Crippen molar-refractivity contribution in [2.45, 2.75) is 49.6 Å². The van der Waals surface area contributed by atoms with Crippen molar-refractivity contribution in [3.63, 3.8) is 0 Å². The van der Waals surface area contributed by atoms with E-state index in [1.165, 1.54) is 34.5 Å². The molecule has 2 aliphatic heterocycles. The first-order chi connectivity index (χ1) is 20.5. The lowest BCUT2D eigenvalue weighted by atomic mass is 9.96. The van der Waals surface area contributed by atoms with Crippen molar-refractivity contribution in [2.75, 3.05) is 23.7 Å². The Bertz CT molecular complexity index is 1760. The SMILES string of the molecule is C=CC(=O)N1[C@H](C)CN(c2nc(=O)n3c4c(c(-c5ccc(F)cc5)c(C(F)(F)F)cc24)SCC(n2cccn2)C3)C[C@@H]1C. The van der Waals surface area contributed by atoms with Gasteiger partial charge in [0.15, 0.2) is 0 Å². The lowest BCUT2D eigenvalue weighted by molar-refractivity contribution is -0.137. The van der Waals surface area contributed by atoms with Crippen LogP contribution in [0.1, 0.15) is 25.5 Å². The van der Waals surface area contributed by atoms with Gasteiger partial charge in [0.1, 0.15) is 11.6 Å². The molecule has 6 rings (SSSR count). The fourth-order valence-corrected chi connectivity index (χ4v) is 7.55. The Kier molecular flexibility index (Phi) is 7.31. The number of halogens is 4. The molecule has 224 valence electrons. The molecule has 2 aromatic carbocycles. The monoisotopic (exact) mass is 612 g/mol. The average molecular weight is 613 g/mol. The van der Waals surface area contributed by atoms with Gasteiger partial charge in [0.25, 0.3) is 0 Å². The van der Waals surface area contributed by atoms with E-state index in [9.17, 15) is 27.2 Å². The number of anilines is 1. The maximum Gasteiger partial charge on any atom is 0.417 e. The normalized spacial score (nSPS) is 20.7. The zero-order valence-corrected chi connectivity index (χ0v) is 24.2. The maximum absolute atomic E-state index is 14.9. The molecule has 2 aliphatic rings. The Morgan fingerprint density at radius 2 is 1.81 bits per heavy atom. The van der Waals surface area contributed by atoms with Crippen molar-refractivity contribution < 1.29 is 22.4 Å². The molecular weight excluding hydrogens is 584 g/mol. The number of piperazine rings is 1. The van der Waals surface area contributed by atoms with Crippen molar-refractivity contribution in [3.05, 3.63) is 83.3 Å². The van der Waals surface area contributed by atoms with Crippen LogP contribution in [0, 0.1) is 5.82 Å². The van der Waals surface area contributed by atoms with Crippen molar-refractivity contribution in [3.8, 4) is 11.1 Å². The fourth-order valence-electron chi connectivity index (χ4n) is 6.21. The van der Waals surface area contributed by atoms with E-state index < -0.39 is 23.2 Å².